The molecule has 28 heavy (non-hydrogen) atoms. The number of aryl methyl sites for hydroxylation is 1. The molecule has 146 valence electrons. The Balaban J connectivity index is 1.38. The average Bonchev–Trinajstić information content (AvgIpc) is 3.21. The van der Waals surface area contributed by atoms with E-state index in [0.717, 1.165) is 48.1 Å². The Bertz CT molecular complexity index is 955. The highest BCUT2D eigenvalue weighted by molar-refractivity contribution is 5.93. The Morgan fingerprint density at radius 3 is 3.07 bits per heavy atom. The van der Waals surface area contributed by atoms with E-state index in [1.54, 1.807) is 6.20 Å². The maximum atomic E-state index is 12.4. The summed E-state index contributed by atoms with van der Waals surface area (Å²) >= 11 is 0. The summed E-state index contributed by atoms with van der Waals surface area (Å²) in [6, 6.07) is 9.52. The SMILES string of the molecule is CCn1nccc1[C@@H]1OCCC[C@H]1CNC(=O)Nc1ccc2cnccc2c1. The zero-order valence-electron chi connectivity index (χ0n) is 16.0. The summed E-state index contributed by atoms with van der Waals surface area (Å²) in [6.07, 6.45) is 7.35. The van der Waals surface area contributed by atoms with Gasteiger partial charge in [0.2, 0.25) is 0 Å². The van der Waals surface area contributed by atoms with Gasteiger partial charge in [0.05, 0.1) is 5.69 Å². The minimum Gasteiger partial charge on any atom is -0.372 e. The summed E-state index contributed by atoms with van der Waals surface area (Å²) in [4.78, 5) is 16.5. The molecular weight excluding hydrogens is 354 g/mol. The number of ether oxygens (including phenoxy) is 1. The fourth-order valence-electron chi connectivity index (χ4n) is 3.79. The molecule has 4 rings (SSSR count). The van der Waals surface area contributed by atoms with E-state index >= 15 is 0 Å². The third-order valence-corrected chi connectivity index (χ3v) is 5.21. The van der Waals surface area contributed by atoms with E-state index in [1.165, 1.54) is 0 Å². The van der Waals surface area contributed by atoms with Crippen LogP contribution in [0.5, 0.6) is 0 Å². The first-order valence-corrected chi connectivity index (χ1v) is 9.76. The van der Waals surface area contributed by atoms with Gasteiger partial charge >= 0.3 is 6.03 Å². The second-order valence-corrected chi connectivity index (χ2v) is 7.04. The maximum Gasteiger partial charge on any atom is 0.319 e. The Morgan fingerprint density at radius 2 is 2.18 bits per heavy atom. The van der Waals surface area contributed by atoms with Crippen LogP contribution in [0.15, 0.2) is 48.9 Å². The molecule has 2 amide bonds. The Morgan fingerprint density at radius 1 is 1.25 bits per heavy atom. The number of anilines is 1. The van der Waals surface area contributed by atoms with Gasteiger partial charge < -0.3 is 15.4 Å². The topological polar surface area (TPSA) is 81.1 Å². The first-order chi connectivity index (χ1) is 13.7. The molecule has 3 heterocycles. The molecule has 0 saturated carbocycles. The number of hydrogen-bond donors (Lipinski definition) is 2. The number of pyridine rings is 1. The van der Waals surface area contributed by atoms with Gasteiger partial charge in [0.25, 0.3) is 0 Å². The number of rotatable bonds is 5. The van der Waals surface area contributed by atoms with Crippen LogP contribution in [0, 0.1) is 5.92 Å². The van der Waals surface area contributed by atoms with Gasteiger partial charge in [0, 0.05) is 55.3 Å². The Hall–Kier alpha value is -2.93. The molecule has 2 atom stereocenters. The van der Waals surface area contributed by atoms with Crippen LogP contribution in [0.1, 0.15) is 31.6 Å². The van der Waals surface area contributed by atoms with Crippen molar-refractivity contribution >= 4 is 22.5 Å². The number of carbonyl (C=O) groups is 1. The summed E-state index contributed by atoms with van der Waals surface area (Å²) in [5.74, 6) is 0.226. The van der Waals surface area contributed by atoms with E-state index in [1.807, 2.05) is 47.4 Å². The minimum atomic E-state index is -0.207. The molecule has 7 heteroatoms. The minimum absolute atomic E-state index is 0.0373. The molecule has 0 radical (unpaired) electrons. The molecule has 0 unspecified atom stereocenters. The van der Waals surface area contributed by atoms with Gasteiger partial charge in [-0.25, -0.2) is 4.79 Å². The number of benzene rings is 1. The van der Waals surface area contributed by atoms with Crippen molar-refractivity contribution in [1.29, 1.82) is 0 Å². The van der Waals surface area contributed by atoms with Crippen LogP contribution in [-0.2, 0) is 11.3 Å². The van der Waals surface area contributed by atoms with Gasteiger partial charge in [-0.2, -0.15) is 5.10 Å². The Labute approximate surface area is 164 Å². The summed E-state index contributed by atoms with van der Waals surface area (Å²) in [6.45, 7) is 4.18. The van der Waals surface area contributed by atoms with Crippen LogP contribution < -0.4 is 10.6 Å². The van der Waals surface area contributed by atoms with Crippen molar-refractivity contribution in [3.63, 3.8) is 0 Å². The van der Waals surface area contributed by atoms with Gasteiger partial charge in [0.15, 0.2) is 0 Å². The van der Waals surface area contributed by atoms with Crippen LogP contribution in [0.4, 0.5) is 10.5 Å². The first kappa shape index (κ1) is 18.4. The first-order valence-electron chi connectivity index (χ1n) is 9.76. The summed E-state index contributed by atoms with van der Waals surface area (Å²) < 4.78 is 8.00. The molecule has 0 bridgehead atoms. The molecule has 1 saturated heterocycles. The zero-order valence-corrected chi connectivity index (χ0v) is 16.0. The van der Waals surface area contributed by atoms with Crippen molar-refractivity contribution in [1.82, 2.24) is 20.1 Å². The van der Waals surface area contributed by atoms with Crippen LogP contribution >= 0.6 is 0 Å². The van der Waals surface area contributed by atoms with Gasteiger partial charge in [-0.3, -0.25) is 9.67 Å². The second-order valence-electron chi connectivity index (χ2n) is 7.04. The molecular formula is C21H25N5O2. The predicted octanol–water partition coefficient (Wildman–Crippen LogP) is 3.74. The third-order valence-electron chi connectivity index (χ3n) is 5.21. The zero-order chi connectivity index (χ0) is 19.3. The highest BCUT2D eigenvalue weighted by Crippen LogP contribution is 2.33. The summed E-state index contributed by atoms with van der Waals surface area (Å²) in [5, 5.41) is 12.4. The van der Waals surface area contributed by atoms with Gasteiger partial charge in [-0.15, -0.1) is 0 Å². The van der Waals surface area contributed by atoms with Gasteiger partial charge in [-0.05, 0) is 49.4 Å². The molecule has 7 nitrogen and oxygen atoms in total. The number of urea groups is 1. The second kappa shape index (κ2) is 8.39. The molecule has 2 aromatic heterocycles. The number of nitrogens with one attached hydrogen (secondary N) is 2. The fraction of sp³-hybridized carbons (Fsp3) is 0.381. The number of hydrogen-bond acceptors (Lipinski definition) is 4. The average molecular weight is 379 g/mol. The van der Waals surface area contributed by atoms with Crippen molar-refractivity contribution in [2.75, 3.05) is 18.5 Å². The van der Waals surface area contributed by atoms with E-state index in [4.69, 9.17) is 4.74 Å². The summed E-state index contributed by atoms with van der Waals surface area (Å²) in [5.41, 5.74) is 1.84. The maximum absolute atomic E-state index is 12.4. The standard InChI is InChI=1S/C21H25N5O2/c1-2-26-19(8-10-24-26)20-17(4-3-11-28-20)14-23-21(27)25-18-6-5-16-13-22-9-7-15(16)12-18/h5-10,12-13,17,20H,2-4,11,14H2,1H3,(H2,23,25,27)/t17-,20+/m0/s1. The number of fused-ring (bicyclic) bond motifs is 1. The summed E-state index contributed by atoms with van der Waals surface area (Å²) in [7, 11) is 0. The highest BCUT2D eigenvalue weighted by atomic mass is 16.5. The molecule has 0 spiro atoms. The normalized spacial score (nSPS) is 19.5. The number of nitrogens with zero attached hydrogens (tertiary/aromatic N) is 3. The van der Waals surface area contributed by atoms with E-state index in [0.29, 0.717) is 6.54 Å². The predicted molar refractivity (Wildman–Crippen MR) is 108 cm³/mol. The van der Waals surface area contributed by atoms with Crippen LogP contribution in [-0.4, -0.2) is 33.9 Å². The van der Waals surface area contributed by atoms with E-state index in [2.05, 4.69) is 27.6 Å². The van der Waals surface area contributed by atoms with E-state index in [9.17, 15) is 4.79 Å². The van der Waals surface area contributed by atoms with Gasteiger partial charge in [-0.1, -0.05) is 6.07 Å². The van der Waals surface area contributed by atoms with Crippen LogP contribution in [0.25, 0.3) is 10.8 Å². The fourth-order valence-corrected chi connectivity index (χ4v) is 3.79. The molecule has 1 aliphatic rings. The molecule has 1 aliphatic heterocycles. The van der Waals surface area contributed by atoms with Crippen molar-refractivity contribution in [3.8, 4) is 0 Å². The van der Waals surface area contributed by atoms with Crippen LogP contribution in [0.2, 0.25) is 0 Å². The highest BCUT2D eigenvalue weighted by Gasteiger charge is 2.30. The lowest BCUT2D eigenvalue weighted by Gasteiger charge is -2.32. The lowest BCUT2D eigenvalue weighted by atomic mass is 9.92. The smallest absolute Gasteiger partial charge is 0.319 e. The third kappa shape index (κ3) is 3.99. The van der Waals surface area contributed by atoms with E-state index < -0.39 is 0 Å². The van der Waals surface area contributed by atoms with Crippen molar-refractivity contribution < 1.29 is 9.53 Å². The van der Waals surface area contributed by atoms with Gasteiger partial charge in [0.1, 0.15) is 6.10 Å². The number of carbonyl (C=O) groups excluding carboxylic acids is 1. The number of aromatic nitrogens is 3. The molecule has 1 aromatic carbocycles. The van der Waals surface area contributed by atoms with E-state index in [-0.39, 0.29) is 18.1 Å². The Kier molecular flexibility index (Phi) is 5.53. The van der Waals surface area contributed by atoms with Crippen molar-refractivity contribution in [2.45, 2.75) is 32.4 Å². The molecule has 2 N–H and O–H groups in total. The molecule has 0 aliphatic carbocycles. The van der Waals surface area contributed by atoms with Crippen molar-refractivity contribution in [3.05, 3.63) is 54.6 Å². The largest absolute Gasteiger partial charge is 0.372 e. The lowest BCUT2D eigenvalue weighted by molar-refractivity contribution is -0.0317. The molecule has 3 aromatic rings. The quantitative estimate of drug-likeness (QED) is 0.708. The van der Waals surface area contributed by atoms with Crippen molar-refractivity contribution in [2.24, 2.45) is 5.92 Å². The molecule has 1 fully saturated rings. The number of amides is 2. The monoisotopic (exact) mass is 379 g/mol. The van der Waals surface area contributed by atoms with Crippen LogP contribution in [0.3, 0.4) is 0 Å². The lowest BCUT2D eigenvalue weighted by Crippen LogP contribution is -2.37.